The fraction of sp³-hybridized carbons (Fsp3) is 0.391. The van der Waals surface area contributed by atoms with E-state index in [1.165, 1.54) is 18.5 Å². The van der Waals surface area contributed by atoms with E-state index in [4.69, 9.17) is 10.5 Å². The minimum Gasteiger partial charge on any atom is -0.404 e. The lowest BCUT2D eigenvalue weighted by Crippen LogP contribution is -2.48. The smallest absolute Gasteiger partial charge is 0.404 e. The Balaban J connectivity index is 1.54. The largest absolute Gasteiger partial charge is 0.433 e. The van der Waals surface area contributed by atoms with Gasteiger partial charge in [-0.3, -0.25) is 14.8 Å². The Labute approximate surface area is 203 Å². The van der Waals surface area contributed by atoms with E-state index >= 15 is 0 Å². The molecule has 36 heavy (non-hydrogen) atoms. The van der Waals surface area contributed by atoms with Crippen molar-refractivity contribution in [1.82, 2.24) is 25.1 Å². The van der Waals surface area contributed by atoms with Gasteiger partial charge in [0.25, 0.3) is 5.56 Å². The summed E-state index contributed by atoms with van der Waals surface area (Å²) in [6, 6.07) is 2.45. The van der Waals surface area contributed by atoms with Gasteiger partial charge in [-0.1, -0.05) is 0 Å². The summed E-state index contributed by atoms with van der Waals surface area (Å²) in [5.74, 6) is 0.227. The highest BCUT2D eigenvalue weighted by Crippen LogP contribution is 2.31. The summed E-state index contributed by atoms with van der Waals surface area (Å²) in [5.41, 5.74) is 5.59. The van der Waals surface area contributed by atoms with Gasteiger partial charge >= 0.3 is 6.18 Å². The van der Waals surface area contributed by atoms with Gasteiger partial charge in [-0.15, -0.1) is 0 Å². The molecule has 2 fully saturated rings. The molecular formula is C23H23F3N8O2. The molecule has 0 aromatic carbocycles. The Morgan fingerprint density at radius 1 is 1.25 bits per heavy atom. The third-order valence-electron chi connectivity index (χ3n) is 5.92. The third kappa shape index (κ3) is 4.91. The van der Waals surface area contributed by atoms with E-state index in [1.807, 2.05) is 11.8 Å². The monoisotopic (exact) mass is 500 g/mol. The second-order valence-electron chi connectivity index (χ2n) is 8.78. The highest BCUT2D eigenvalue weighted by Gasteiger charge is 2.33. The lowest BCUT2D eigenvalue weighted by molar-refractivity contribution is -0.141. The predicted octanol–water partition coefficient (Wildman–Crippen LogP) is 2.46. The van der Waals surface area contributed by atoms with Crippen molar-refractivity contribution in [3.8, 4) is 11.3 Å². The number of nitrogens with one attached hydrogen (secondary N) is 1. The quantitative estimate of drug-likeness (QED) is 0.510. The normalized spacial score (nSPS) is 21.4. The second kappa shape index (κ2) is 9.30. The Kier molecular flexibility index (Phi) is 6.16. The molecule has 0 radical (unpaired) electrons. The maximum Gasteiger partial charge on any atom is 0.433 e. The maximum atomic E-state index is 13.0. The Hall–Kier alpha value is -3.87. The predicted molar refractivity (Wildman–Crippen MR) is 127 cm³/mol. The number of pyridine rings is 1. The molecule has 2 aliphatic rings. The van der Waals surface area contributed by atoms with Gasteiger partial charge in [-0.2, -0.15) is 18.3 Å². The van der Waals surface area contributed by atoms with Crippen LogP contribution in [0.25, 0.3) is 22.2 Å². The van der Waals surface area contributed by atoms with Crippen molar-refractivity contribution in [3.63, 3.8) is 0 Å². The van der Waals surface area contributed by atoms with E-state index in [1.54, 1.807) is 6.21 Å². The van der Waals surface area contributed by atoms with Crippen molar-refractivity contribution in [3.05, 3.63) is 52.3 Å². The molecule has 0 spiro atoms. The van der Waals surface area contributed by atoms with Gasteiger partial charge in [0.15, 0.2) is 0 Å². The number of hydrogen-bond acceptors (Lipinski definition) is 9. The fourth-order valence-corrected chi connectivity index (χ4v) is 3.97. The SMILES string of the molecule is CC1CN(c2nc(-c3ccc(C(F)(F)F)nc3)c3cn[nH]c(=O)c3n2)CC(/C(C=NC2CC2)=C/N)O1. The number of aliphatic imine (C=N–C) groups is 1. The molecule has 0 bridgehead atoms. The zero-order valence-corrected chi connectivity index (χ0v) is 19.2. The van der Waals surface area contributed by atoms with Crippen LogP contribution in [0.1, 0.15) is 25.5 Å². The van der Waals surface area contributed by atoms with E-state index in [9.17, 15) is 18.0 Å². The van der Waals surface area contributed by atoms with E-state index in [0.29, 0.717) is 35.7 Å². The number of rotatable bonds is 5. The number of fused-ring (bicyclic) bond motifs is 1. The molecule has 10 nitrogen and oxygen atoms in total. The molecule has 2 atom stereocenters. The van der Waals surface area contributed by atoms with E-state index in [0.717, 1.165) is 25.1 Å². The van der Waals surface area contributed by atoms with Crippen LogP contribution in [0.5, 0.6) is 0 Å². The average molecular weight is 500 g/mol. The summed E-state index contributed by atoms with van der Waals surface area (Å²) in [7, 11) is 0. The molecule has 13 heteroatoms. The Morgan fingerprint density at radius 2 is 2.06 bits per heavy atom. The van der Waals surface area contributed by atoms with Crippen molar-refractivity contribution < 1.29 is 17.9 Å². The topological polar surface area (TPSA) is 135 Å². The number of H-pyrrole nitrogens is 1. The van der Waals surface area contributed by atoms with Gasteiger partial charge in [0, 0.05) is 36.3 Å². The molecule has 1 saturated carbocycles. The number of anilines is 1. The molecule has 1 saturated heterocycles. The van der Waals surface area contributed by atoms with E-state index < -0.39 is 23.5 Å². The van der Waals surface area contributed by atoms with E-state index in [-0.39, 0.29) is 23.3 Å². The van der Waals surface area contributed by atoms with E-state index in [2.05, 4.69) is 30.1 Å². The van der Waals surface area contributed by atoms with Crippen LogP contribution in [0.4, 0.5) is 19.1 Å². The lowest BCUT2D eigenvalue weighted by atomic mass is 10.1. The van der Waals surface area contributed by atoms with Gasteiger partial charge in [0.05, 0.1) is 36.0 Å². The molecule has 3 aromatic rings. The van der Waals surface area contributed by atoms with Gasteiger partial charge in [0.1, 0.15) is 17.3 Å². The first-order chi connectivity index (χ1) is 17.2. The number of nitrogens with two attached hydrogens (primary N) is 1. The van der Waals surface area contributed by atoms with Crippen LogP contribution in [-0.4, -0.2) is 62.7 Å². The van der Waals surface area contributed by atoms with Crippen LogP contribution >= 0.6 is 0 Å². The van der Waals surface area contributed by atoms with Crippen LogP contribution in [-0.2, 0) is 10.9 Å². The van der Waals surface area contributed by atoms with Crippen LogP contribution in [0, 0.1) is 0 Å². The van der Waals surface area contributed by atoms with Crippen LogP contribution in [0.15, 0.2) is 46.1 Å². The number of alkyl halides is 3. The van der Waals surface area contributed by atoms with Gasteiger partial charge in [-0.05, 0) is 31.9 Å². The number of ether oxygens (including phenoxy) is 1. The first-order valence-corrected chi connectivity index (χ1v) is 11.4. The molecule has 2 unspecified atom stereocenters. The van der Waals surface area contributed by atoms with Crippen molar-refractivity contribution >= 4 is 23.1 Å². The summed E-state index contributed by atoms with van der Waals surface area (Å²) >= 11 is 0. The highest BCUT2D eigenvalue weighted by atomic mass is 19.4. The Morgan fingerprint density at radius 3 is 2.72 bits per heavy atom. The lowest BCUT2D eigenvalue weighted by Gasteiger charge is -2.37. The molecule has 1 aliphatic carbocycles. The molecule has 0 amide bonds. The number of aromatic nitrogens is 5. The first-order valence-electron chi connectivity index (χ1n) is 11.4. The van der Waals surface area contributed by atoms with Gasteiger partial charge < -0.3 is 15.4 Å². The summed E-state index contributed by atoms with van der Waals surface area (Å²) in [4.78, 5) is 31.5. The molecular weight excluding hydrogens is 477 g/mol. The summed E-state index contributed by atoms with van der Waals surface area (Å²) in [5, 5.41) is 6.44. The number of aromatic amines is 1. The van der Waals surface area contributed by atoms with Gasteiger partial charge in [0.2, 0.25) is 5.95 Å². The second-order valence-corrected chi connectivity index (χ2v) is 8.78. The van der Waals surface area contributed by atoms with Crippen molar-refractivity contribution in [1.29, 1.82) is 0 Å². The zero-order valence-electron chi connectivity index (χ0n) is 19.2. The molecule has 188 valence electrons. The molecule has 3 N–H and O–H groups in total. The van der Waals surface area contributed by atoms with Crippen LogP contribution in [0.3, 0.4) is 0 Å². The summed E-state index contributed by atoms with van der Waals surface area (Å²) in [6.07, 6.45) is 2.53. The van der Waals surface area contributed by atoms with Crippen molar-refractivity contribution in [2.45, 2.75) is 44.2 Å². The molecule has 5 rings (SSSR count). The van der Waals surface area contributed by atoms with Crippen molar-refractivity contribution in [2.24, 2.45) is 10.7 Å². The average Bonchev–Trinajstić information content (AvgIpc) is 3.68. The molecule has 4 heterocycles. The summed E-state index contributed by atoms with van der Waals surface area (Å²) < 4.78 is 45.1. The first kappa shape index (κ1) is 23.9. The fourth-order valence-electron chi connectivity index (χ4n) is 3.97. The Bertz CT molecular complexity index is 1380. The molecule has 3 aromatic heterocycles. The number of morpholine rings is 1. The highest BCUT2D eigenvalue weighted by molar-refractivity contribution is 5.92. The van der Waals surface area contributed by atoms with Crippen LogP contribution < -0.4 is 16.2 Å². The zero-order chi connectivity index (χ0) is 25.4. The minimum absolute atomic E-state index is 0.0606. The number of hydrogen-bond donors (Lipinski definition) is 2. The van der Waals surface area contributed by atoms with Gasteiger partial charge in [-0.25, -0.2) is 15.1 Å². The number of halogens is 3. The standard InChI is InChI=1S/C23H23F3N8O2/c1-12-10-34(11-17(36-12)14(6-27)8-28-15-3-4-15)22-31-19(16-9-30-33-21(35)20(16)32-22)13-2-5-18(29-7-13)23(24,25)26/h2,5-9,12,15,17H,3-4,10-11,27H2,1H3,(H,33,35)/b14-6+,28-8?. The van der Waals surface area contributed by atoms with Crippen molar-refractivity contribution in [2.75, 3.05) is 18.0 Å². The number of nitrogens with zero attached hydrogens (tertiary/aromatic N) is 6. The van der Waals surface area contributed by atoms with Crippen LogP contribution in [0.2, 0.25) is 0 Å². The minimum atomic E-state index is -4.58. The summed E-state index contributed by atoms with van der Waals surface area (Å²) in [6.45, 7) is 2.65. The maximum absolute atomic E-state index is 13.0. The third-order valence-corrected chi connectivity index (χ3v) is 5.92. The molecule has 1 aliphatic heterocycles.